The highest BCUT2D eigenvalue weighted by Crippen LogP contribution is 2.28. The first-order valence-corrected chi connectivity index (χ1v) is 9.45. The molecule has 1 unspecified atom stereocenters. The van der Waals surface area contributed by atoms with Crippen LogP contribution in [0.2, 0.25) is 0 Å². The molecule has 2 rings (SSSR count). The summed E-state index contributed by atoms with van der Waals surface area (Å²) in [6.45, 7) is 0.972. The molecule has 2 aliphatic rings. The molecule has 20 heavy (non-hydrogen) atoms. The number of nitrogens with one attached hydrogen (secondary N) is 1. The minimum atomic E-state index is -3.42. The maximum Gasteiger partial charge on any atom is 0.279 e. The van der Waals surface area contributed by atoms with Gasteiger partial charge in [-0.3, -0.25) is 0 Å². The Bertz CT molecular complexity index is 380. The second-order valence-corrected chi connectivity index (χ2v) is 7.84. The van der Waals surface area contributed by atoms with Crippen molar-refractivity contribution in [2.45, 2.75) is 63.8 Å². The molecule has 0 aromatic rings. The van der Waals surface area contributed by atoms with Crippen LogP contribution in [0.1, 0.15) is 57.8 Å². The molecule has 0 bridgehead atoms. The van der Waals surface area contributed by atoms with Crippen molar-refractivity contribution in [3.05, 3.63) is 0 Å². The number of hydrogen-bond donors (Lipinski definition) is 2. The van der Waals surface area contributed by atoms with Gasteiger partial charge in [0.05, 0.1) is 6.61 Å². The van der Waals surface area contributed by atoms with Crippen molar-refractivity contribution < 1.29 is 13.5 Å². The zero-order valence-corrected chi connectivity index (χ0v) is 13.1. The molecule has 1 saturated carbocycles. The zero-order chi connectivity index (χ0) is 14.4. The third-order valence-electron chi connectivity index (χ3n) is 4.64. The summed E-state index contributed by atoms with van der Waals surface area (Å²) in [7, 11) is -3.42. The molecule has 118 valence electrons. The van der Waals surface area contributed by atoms with E-state index < -0.39 is 10.2 Å². The number of hydrogen-bond acceptors (Lipinski definition) is 3. The van der Waals surface area contributed by atoms with Gasteiger partial charge in [-0.2, -0.15) is 12.7 Å². The molecule has 0 spiro atoms. The highest BCUT2D eigenvalue weighted by atomic mass is 32.2. The molecule has 5 nitrogen and oxygen atoms in total. The number of aliphatic hydroxyl groups excluding tert-OH is 1. The third kappa shape index (κ3) is 4.41. The van der Waals surface area contributed by atoms with Crippen molar-refractivity contribution in [1.29, 1.82) is 0 Å². The molecule has 1 aliphatic carbocycles. The lowest BCUT2D eigenvalue weighted by molar-refractivity contribution is 0.154. The number of nitrogens with zero attached hydrogens (tertiary/aromatic N) is 1. The van der Waals surface area contributed by atoms with Gasteiger partial charge < -0.3 is 5.11 Å². The van der Waals surface area contributed by atoms with Crippen molar-refractivity contribution in [3.63, 3.8) is 0 Å². The van der Waals surface area contributed by atoms with Gasteiger partial charge in [-0.1, -0.05) is 32.1 Å². The molecule has 0 aromatic heterocycles. The quantitative estimate of drug-likeness (QED) is 0.703. The first-order valence-electron chi connectivity index (χ1n) is 8.01. The lowest BCUT2D eigenvalue weighted by Gasteiger charge is -2.33. The highest BCUT2D eigenvalue weighted by Gasteiger charge is 2.31. The van der Waals surface area contributed by atoms with Gasteiger partial charge in [0, 0.05) is 19.1 Å². The Morgan fingerprint density at radius 2 is 1.80 bits per heavy atom. The van der Waals surface area contributed by atoms with E-state index >= 15 is 0 Å². The zero-order valence-electron chi connectivity index (χ0n) is 12.3. The summed E-state index contributed by atoms with van der Waals surface area (Å²) >= 11 is 0. The highest BCUT2D eigenvalue weighted by molar-refractivity contribution is 7.87. The van der Waals surface area contributed by atoms with E-state index in [1.807, 2.05) is 0 Å². The van der Waals surface area contributed by atoms with Crippen LogP contribution in [0.15, 0.2) is 0 Å². The summed E-state index contributed by atoms with van der Waals surface area (Å²) in [5, 5.41) is 9.31. The van der Waals surface area contributed by atoms with Crippen LogP contribution in [-0.2, 0) is 10.2 Å². The third-order valence-corrected chi connectivity index (χ3v) is 6.31. The van der Waals surface area contributed by atoms with Crippen LogP contribution in [0, 0.1) is 5.92 Å². The molecule has 1 atom stereocenters. The summed E-state index contributed by atoms with van der Waals surface area (Å²) in [5.74, 6) is 0.805. The predicted molar refractivity (Wildman–Crippen MR) is 79.5 cm³/mol. The van der Waals surface area contributed by atoms with E-state index in [0.29, 0.717) is 13.1 Å². The van der Waals surface area contributed by atoms with Crippen LogP contribution >= 0.6 is 0 Å². The fourth-order valence-corrected chi connectivity index (χ4v) is 4.95. The largest absolute Gasteiger partial charge is 0.395 e. The predicted octanol–water partition coefficient (Wildman–Crippen LogP) is 1.64. The van der Waals surface area contributed by atoms with Crippen LogP contribution < -0.4 is 4.72 Å². The van der Waals surface area contributed by atoms with Crippen molar-refractivity contribution in [2.24, 2.45) is 5.92 Å². The number of rotatable bonds is 7. The SMILES string of the molecule is O=S(=O)(NCCCC1CCCC1)N1CCCCC1CO. The topological polar surface area (TPSA) is 69.6 Å². The van der Waals surface area contributed by atoms with Gasteiger partial charge in [0.15, 0.2) is 0 Å². The van der Waals surface area contributed by atoms with E-state index in [-0.39, 0.29) is 12.6 Å². The first kappa shape index (κ1) is 16.2. The number of aliphatic hydroxyl groups is 1. The standard InChI is InChI=1S/C14H28N2O3S/c17-12-14-9-3-4-11-16(14)20(18,19)15-10-5-8-13-6-1-2-7-13/h13-15,17H,1-12H2. The van der Waals surface area contributed by atoms with Crippen LogP contribution in [0.25, 0.3) is 0 Å². The van der Waals surface area contributed by atoms with E-state index in [4.69, 9.17) is 0 Å². The average Bonchev–Trinajstić information content (AvgIpc) is 2.97. The smallest absolute Gasteiger partial charge is 0.279 e. The molecule has 2 fully saturated rings. The molecule has 1 aliphatic heterocycles. The van der Waals surface area contributed by atoms with Crippen molar-refractivity contribution >= 4 is 10.2 Å². The van der Waals surface area contributed by atoms with Crippen LogP contribution in [-0.4, -0.2) is 43.6 Å². The fraction of sp³-hybridized carbons (Fsp3) is 1.00. The fourth-order valence-electron chi connectivity index (χ4n) is 3.45. The Labute approximate surface area is 122 Å². The summed E-state index contributed by atoms with van der Waals surface area (Å²) in [4.78, 5) is 0. The Morgan fingerprint density at radius 3 is 2.50 bits per heavy atom. The maximum absolute atomic E-state index is 12.3. The van der Waals surface area contributed by atoms with Gasteiger partial charge in [0.2, 0.25) is 0 Å². The molecule has 1 saturated heterocycles. The molecule has 0 radical (unpaired) electrons. The lowest BCUT2D eigenvalue weighted by Crippen LogP contribution is -2.50. The molecule has 6 heteroatoms. The van der Waals surface area contributed by atoms with E-state index in [9.17, 15) is 13.5 Å². The minimum absolute atomic E-state index is 0.0804. The Morgan fingerprint density at radius 1 is 1.10 bits per heavy atom. The molecule has 0 aromatic carbocycles. The maximum atomic E-state index is 12.3. The Kier molecular flexibility index (Phi) is 6.26. The lowest BCUT2D eigenvalue weighted by atomic mass is 10.0. The van der Waals surface area contributed by atoms with Crippen LogP contribution in [0.5, 0.6) is 0 Å². The van der Waals surface area contributed by atoms with E-state index in [1.54, 1.807) is 0 Å². The molecular formula is C14H28N2O3S. The van der Waals surface area contributed by atoms with E-state index in [2.05, 4.69) is 4.72 Å². The minimum Gasteiger partial charge on any atom is -0.395 e. The summed E-state index contributed by atoms with van der Waals surface area (Å²) < 4.78 is 28.7. The Balaban J connectivity index is 1.74. The van der Waals surface area contributed by atoms with Gasteiger partial charge in [0.1, 0.15) is 0 Å². The molecule has 2 N–H and O–H groups in total. The summed E-state index contributed by atoms with van der Waals surface area (Å²) in [6, 6.07) is -0.240. The second-order valence-electron chi connectivity index (χ2n) is 6.13. The van der Waals surface area contributed by atoms with Crippen molar-refractivity contribution in [2.75, 3.05) is 19.7 Å². The van der Waals surface area contributed by atoms with E-state index in [0.717, 1.165) is 38.0 Å². The normalized spacial score (nSPS) is 26.1. The average molecular weight is 304 g/mol. The molecule has 1 heterocycles. The first-order chi connectivity index (χ1) is 9.63. The Hall–Kier alpha value is -0.170. The van der Waals surface area contributed by atoms with Crippen LogP contribution in [0.3, 0.4) is 0 Å². The van der Waals surface area contributed by atoms with Crippen LogP contribution in [0.4, 0.5) is 0 Å². The number of piperidine rings is 1. The van der Waals surface area contributed by atoms with Gasteiger partial charge in [-0.15, -0.1) is 0 Å². The summed E-state index contributed by atoms with van der Waals surface area (Å²) in [6.07, 6.45) is 9.99. The molecule has 0 amide bonds. The van der Waals surface area contributed by atoms with Gasteiger partial charge in [-0.05, 0) is 31.6 Å². The molecular weight excluding hydrogens is 276 g/mol. The van der Waals surface area contributed by atoms with Gasteiger partial charge >= 0.3 is 0 Å². The van der Waals surface area contributed by atoms with E-state index in [1.165, 1.54) is 30.0 Å². The van der Waals surface area contributed by atoms with Crippen molar-refractivity contribution in [1.82, 2.24) is 9.03 Å². The summed E-state index contributed by atoms with van der Waals surface area (Å²) in [5.41, 5.74) is 0. The van der Waals surface area contributed by atoms with Gasteiger partial charge in [-0.25, -0.2) is 4.72 Å². The monoisotopic (exact) mass is 304 g/mol. The second kappa shape index (κ2) is 7.73. The van der Waals surface area contributed by atoms with Gasteiger partial charge in [0.25, 0.3) is 10.2 Å². The van der Waals surface area contributed by atoms with Crippen molar-refractivity contribution in [3.8, 4) is 0 Å².